The van der Waals surface area contributed by atoms with Crippen molar-refractivity contribution >= 4 is 5.91 Å². The van der Waals surface area contributed by atoms with Gasteiger partial charge in [-0.25, -0.2) is 0 Å². The van der Waals surface area contributed by atoms with Gasteiger partial charge in [-0.15, -0.1) is 0 Å². The minimum absolute atomic E-state index is 0.406. The number of likely N-dealkylation sites (tertiary alicyclic amines) is 1. The van der Waals surface area contributed by atoms with Crippen LogP contribution in [0, 0.1) is 41.4 Å². The largest absolute Gasteiger partial charge is 0.342 e. The summed E-state index contributed by atoms with van der Waals surface area (Å²) in [6.07, 6.45) is 8.18. The molecular weight excluding hydrogens is 260 g/mol. The van der Waals surface area contributed by atoms with Crippen molar-refractivity contribution in [1.82, 2.24) is 10.2 Å². The van der Waals surface area contributed by atoms with Crippen LogP contribution in [0.15, 0.2) is 0 Å². The third-order valence-electron chi connectivity index (χ3n) is 7.53. The van der Waals surface area contributed by atoms with E-state index in [-0.39, 0.29) is 0 Å². The Bertz CT molecular complexity index is 420. The second-order valence-electron chi connectivity index (χ2n) is 8.71. The average molecular weight is 288 g/mol. The van der Waals surface area contributed by atoms with Gasteiger partial charge in [0.05, 0.1) is 0 Å². The van der Waals surface area contributed by atoms with Crippen LogP contribution in [-0.4, -0.2) is 37.0 Å². The second-order valence-corrected chi connectivity index (χ2v) is 8.71. The quantitative estimate of drug-likeness (QED) is 0.801. The maximum Gasteiger partial charge on any atom is 0.226 e. The van der Waals surface area contributed by atoms with Crippen molar-refractivity contribution in [3.63, 3.8) is 0 Å². The fraction of sp³-hybridized carbons (Fsp3) is 0.944. The highest BCUT2D eigenvalue weighted by Crippen LogP contribution is 2.57. The summed E-state index contributed by atoms with van der Waals surface area (Å²) in [5.74, 6) is 5.97. The predicted molar refractivity (Wildman–Crippen MR) is 81.6 cm³/mol. The first-order valence-electron chi connectivity index (χ1n) is 9.27. The zero-order chi connectivity index (χ0) is 14.0. The molecule has 0 aromatic carbocycles. The lowest BCUT2D eigenvalue weighted by Gasteiger charge is -2.54. The van der Waals surface area contributed by atoms with Crippen molar-refractivity contribution in [2.24, 2.45) is 41.4 Å². The Labute approximate surface area is 127 Å². The van der Waals surface area contributed by atoms with E-state index in [1.807, 2.05) is 0 Å². The molecule has 3 heteroatoms. The van der Waals surface area contributed by atoms with Crippen LogP contribution in [0.5, 0.6) is 0 Å². The van der Waals surface area contributed by atoms with Gasteiger partial charge >= 0.3 is 0 Å². The average Bonchev–Trinajstić information content (AvgIpc) is 2.93. The molecule has 6 rings (SSSR count). The second kappa shape index (κ2) is 4.71. The van der Waals surface area contributed by atoms with Gasteiger partial charge in [0.25, 0.3) is 0 Å². The zero-order valence-electron chi connectivity index (χ0n) is 13.0. The Balaban J connectivity index is 1.32. The molecule has 1 N–H and O–H groups in total. The van der Waals surface area contributed by atoms with E-state index < -0.39 is 0 Å². The summed E-state index contributed by atoms with van der Waals surface area (Å²) in [6.45, 7) is 4.39. The predicted octanol–water partition coefficient (Wildman–Crippen LogP) is 2.13. The first-order valence-corrected chi connectivity index (χ1v) is 9.27. The minimum atomic E-state index is 0.406. The Morgan fingerprint density at radius 1 is 0.857 bits per heavy atom. The van der Waals surface area contributed by atoms with Gasteiger partial charge in [-0.3, -0.25) is 4.79 Å². The Hall–Kier alpha value is -0.570. The van der Waals surface area contributed by atoms with Gasteiger partial charge in [0.1, 0.15) is 0 Å². The van der Waals surface area contributed by atoms with Crippen LogP contribution in [0.2, 0.25) is 0 Å². The standard InChI is InChI=1S/C18H28N2O/c21-18(20-2-1-13-8-19-9-16(13)10-20)17-14-4-11-3-12(6-14)7-15(17)5-11/h11-17,19H,1-10H2. The van der Waals surface area contributed by atoms with Crippen LogP contribution in [0.4, 0.5) is 0 Å². The monoisotopic (exact) mass is 288 g/mol. The highest BCUT2D eigenvalue weighted by molar-refractivity contribution is 5.80. The summed E-state index contributed by atoms with van der Waals surface area (Å²) in [4.78, 5) is 15.4. The smallest absolute Gasteiger partial charge is 0.226 e. The number of hydrogen-bond donors (Lipinski definition) is 1. The number of nitrogens with zero attached hydrogens (tertiary/aromatic N) is 1. The van der Waals surface area contributed by atoms with Crippen LogP contribution >= 0.6 is 0 Å². The van der Waals surface area contributed by atoms with E-state index in [1.165, 1.54) is 45.1 Å². The molecule has 2 heterocycles. The van der Waals surface area contributed by atoms with Crippen LogP contribution in [0.3, 0.4) is 0 Å². The fourth-order valence-corrected chi connectivity index (χ4v) is 6.77. The van der Waals surface area contributed by atoms with Crippen LogP contribution in [-0.2, 0) is 4.79 Å². The lowest BCUT2D eigenvalue weighted by atomic mass is 9.51. The molecule has 0 aromatic heterocycles. The molecular formula is C18H28N2O. The molecule has 2 unspecified atom stereocenters. The molecule has 0 aromatic rings. The summed E-state index contributed by atoms with van der Waals surface area (Å²) in [5, 5.41) is 3.52. The van der Waals surface area contributed by atoms with Crippen LogP contribution in [0.1, 0.15) is 38.5 Å². The van der Waals surface area contributed by atoms with E-state index in [9.17, 15) is 4.79 Å². The Kier molecular flexibility index (Phi) is 2.90. The van der Waals surface area contributed by atoms with Gasteiger partial charge in [-0.2, -0.15) is 0 Å². The number of rotatable bonds is 1. The normalized spacial score (nSPS) is 51.2. The van der Waals surface area contributed by atoms with Gasteiger partial charge in [0, 0.05) is 19.0 Å². The summed E-state index contributed by atoms with van der Waals surface area (Å²) >= 11 is 0. The van der Waals surface area contributed by atoms with Crippen molar-refractivity contribution in [1.29, 1.82) is 0 Å². The molecule has 2 saturated heterocycles. The van der Waals surface area contributed by atoms with Gasteiger partial charge in [-0.05, 0) is 87.1 Å². The molecule has 21 heavy (non-hydrogen) atoms. The Morgan fingerprint density at radius 2 is 1.52 bits per heavy atom. The van der Waals surface area contributed by atoms with Gasteiger partial charge in [-0.1, -0.05) is 0 Å². The summed E-state index contributed by atoms with van der Waals surface area (Å²) in [6, 6.07) is 0. The van der Waals surface area contributed by atoms with E-state index in [0.29, 0.717) is 11.8 Å². The number of carbonyl (C=O) groups is 1. The van der Waals surface area contributed by atoms with E-state index >= 15 is 0 Å². The van der Waals surface area contributed by atoms with Crippen molar-refractivity contribution in [3.8, 4) is 0 Å². The number of piperidine rings is 1. The van der Waals surface area contributed by atoms with Gasteiger partial charge < -0.3 is 10.2 Å². The van der Waals surface area contributed by atoms with Crippen molar-refractivity contribution in [2.75, 3.05) is 26.2 Å². The maximum absolute atomic E-state index is 13.2. The van der Waals surface area contributed by atoms with E-state index in [2.05, 4.69) is 10.2 Å². The number of carbonyl (C=O) groups excluding carboxylic acids is 1. The Morgan fingerprint density at radius 3 is 2.24 bits per heavy atom. The summed E-state index contributed by atoms with van der Waals surface area (Å²) in [5.41, 5.74) is 0. The number of hydrogen-bond acceptors (Lipinski definition) is 2. The number of nitrogens with one attached hydrogen (secondary N) is 1. The van der Waals surface area contributed by atoms with Gasteiger partial charge in [0.2, 0.25) is 5.91 Å². The third-order valence-corrected chi connectivity index (χ3v) is 7.53. The fourth-order valence-electron chi connectivity index (χ4n) is 6.77. The molecule has 4 bridgehead atoms. The third kappa shape index (κ3) is 1.99. The molecule has 1 amide bonds. The van der Waals surface area contributed by atoms with E-state index in [1.54, 1.807) is 0 Å². The van der Waals surface area contributed by atoms with E-state index in [4.69, 9.17) is 0 Å². The summed E-state index contributed by atoms with van der Waals surface area (Å²) < 4.78 is 0. The molecule has 4 saturated carbocycles. The molecule has 3 nitrogen and oxygen atoms in total. The molecule has 0 spiro atoms. The van der Waals surface area contributed by atoms with Crippen molar-refractivity contribution < 1.29 is 4.79 Å². The number of amides is 1. The first-order chi connectivity index (χ1) is 10.3. The molecule has 4 aliphatic carbocycles. The molecule has 6 fully saturated rings. The van der Waals surface area contributed by atoms with Gasteiger partial charge in [0.15, 0.2) is 0 Å². The highest BCUT2D eigenvalue weighted by Gasteiger charge is 2.52. The molecule has 6 aliphatic rings. The SMILES string of the molecule is O=C(C1C2CC3CC(C2)CC1C3)N1CCC2CNCC2C1. The summed E-state index contributed by atoms with van der Waals surface area (Å²) in [7, 11) is 0. The lowest BCUT2D eigenvalue weighted by Crippen LogP contribution is -2.54. The van der Waals surface area contributed by atoms with Crippen LogP contribution < -0.4 is 5.32 Å². The topological polar surface area (TPSA) is 32.3 Å². The van der Waals surface area contributed by atoms with Crippen LogP contribution in [0.25, 0.3) is 0 Å². The molecule has 0 radical (unpaired) electrons. The first kappa shape index (κ1) is 12.9. The molecule has 116 valence electrons. The minimum Gasteiger partial charge on any atom is -0.342 e. The number of fused-ring (bicyclic) bond motifs is 1. The lowest BCUT2D eigenvalue weighted by molar-refractivity contribution is -0.151. The van der Waals surface area contributed by atoms with E-state index in [0.717, 1.165) is 55.1 Å². The molecule has 2 aliphatic heterocycles. The zero-order valence-corrected chi connectivity index (χ0v) is 13.0. The van der Waals surface area contributed by atoms with Crippen molar-refractivity contribution in [3.05, 3.63) is 0 Å². The maximum atomic E-state index is 13.2. The highest BCUT2D eigenvalue weighted by atomic mass is 16.2. The molecule has 2 atom stereocenters. The van der Waals surface area contributed by atoms with Crippen molar-refractivity contribution in [2.45, 2.75) is 38.5 Å².